The van der Waals surface area contributed by atoms with Crippen molar-refractivity contribution in [2.24, 2.45) is 0 Å². The Morgan fingerprint density at radius 3 is 2.14 bits per heavy atom. The maximum absolute atomic E-state index is 11.2. The summed E-state index contributed by atoms with van der Waals surface area (Å²) in [6.45, 7) is 3.91. The Morgan fingerprint density at radius 2 is 1.64 bits per heavy atom. The second-order valence-electron chi connectivity index (χ2n) is 4.81. The van der Waals surface area contributed by atoms with Crippen LogP contribution in [-0.4, -0.2) is 41.4 Å². The van der Waals surface area contributed by atoms with E-state index in [0.717, 1.165) is 0 Å². The fourth-order valence-corrected chi connectivity index (χ4v) is 1.70. The smallest absolute Gasteiger partial charge is 0.308 e. The van der Waals surface area contributed by atoms with Crippen LogP contribution in [0.4, 0.5) is 0 Å². The number of nitrogens with zero attached hydrogens (tertiary/aromatic N) is 1. The van der Waals surface area contributed by atoms with E-state index in [0.29, 0.717) is 5.56 Å². The average molecular weight is 309 g/mol. The number of hydrogen-bond donors (Lipinski definition) is 1. The van der Waals surface area contributed by atoms with E-state index in [1.165, 1.54) is 43.9 Å². The lowest BCUT2D eigenvalue weighted by Crippen LogP contribution is -2.28. The molecule has 0 heterocycles. The van der Waals surface area contributed by atoms with Crippen molar-refractivity contribution in [1.29, 1.82) is 0 Å². The Labute approximate surface area is 128 Å². The van der Waals surface area contributed by atoms with Gasteiger partial charge in [-0.05, 0) is 17.7 Å². The summed E-state index contributed by atoms with van der Waals surface area (Å²) in [4.78, 5) is 34.7. The van der Waals surface area contributed by atoms with Crippen LogP contribution in [0, 0.1) is 0 Å². The molecule has 1 aromatic rings. The van der Waals surface area contributed by atoms with E-state index in [1.807, 2.05) is 0 Å². The van der Waals surface area contributed by atoms with Gasteiger partial charge in [0, 0.05) is 27.8 Å². The molecule has 0 fully saturated rings. The predicted molar refractivity (Wildman–Crippen MR) is 77.3 cm³/mol. The monoisotopic (exact) mass is 309 g/mol. The SMILES string of the molecule is CC(=O)Oc1ccc([C@@H](O)CN(C)C(C)=O)cc1OC(C)=O. The van der Waals surface area contributed by atoms with Gasteiger partial charge in [0.25, 0.3) is 0 Å². The summed E-state index contributed by atoms with van der Waals surface area (Å²) in [6, 6.07) is 4.36. The van der Waals surface area contributed by atoms with E-state index >= 15 is 0 Å². The number of amides is 1. The molecular formula is C15H19NO6. The van der Waals surface area contributed by atoms with Gasteiger partial charge in [-0.25, -0.2) is 0 Å². The van der Waals surface area contributed by atoms with Gasteiger partial charge in [-0.3, -0.25) is 14.4 Å². The van der Waals surface area contributed by atoms with Gasteiger partial charge in [0.2, 0.25) is 5.91 Å². The zero-order valence-corrected chi connectivity index (χ0v) is 13.0. The third-order valence-corrected chi connectivity index (χ3v) is 2.84. The van der Waals surface area contributed by atoms with Crippen molar-refractivity contribution >= 4 is 17.8 Å². The molecule has 0 aliphatic carbocycles. The van der Waals surface area contributed by atoms with Gasteiger partial charge in [-0.15, -0.1) is 0 Å². The fraction of sp³-hybridized carbons (Fsp3) is 0.400. The average Bonchev–Trinajstić information content (AvgIpc) is 2.39. The third kappa shape index (κ3) is 5.17. The molecule has 1 atom stereocenters. The summed E-state index contributed by atoms with van der Waals surface area (Å²) in [5.74, 6) is -1.21. The van der Waals surface area contributed by atoms with Crippen LogP contribution >= 0.6 is 0 Å². The first-order valence-corrected chi connectivity index (χ1v) is 6.61. The van der Waals surface area contributed by atoms with Gasteiger partial charge in [0.05, 0.1) is 12.6 Å². The Balaban J connectivity index is 3.04. The largest absolute Gasteiger partial charge is 0.423 e. The van der Waals surface area contributed by atoms with Crippen LogP contribution in [0.25, 0.3) is 0 Å². The molecule has 0 aromatic heterocycles. The molecule has 0 bridgehead atoms. The minimum absolute atomic E-state index is 0.0322. The topological polar surface area (TPSA) is 93.1 Å². The van der Waals surface area contributed by atoms with Crippen molar-refractivity contribution in [1.82, 2.24) is 4.90 Å². The Bertz CT molecular complexity index is 583. The number of carbonyl (C=O) groups excluding carboxylic acids is 3. The number of rotatable bonds is 5. The summed E-state index contributed by atoms with van der Waals surface area (Å²) in [5.41, 5.74) is 0.431. The second-order valence-corrected chi connectivity index (χ2v) is 4.81. The predicted octanol–water partition coefficient (Wildman–Crippen LogP) is 1.05. The highest BCUT2D eigenvalue weighted by Crippen LogP contribution is 2.31. The highest BCUT2D eigenvalue weighted by Gasteiger charge is 2.17. The van der Waals surface area contributed by atoms with Crippen LogP contribution in [0.1, 0.15) is 32.4 Å². The molecule has 0 aliphatic rings. The standard InChI is InChI=1S/C15H19NO6/c1-9(17)16(4)8-13(20)12-5-6-14(21-10(2)18)15(7-12)22-11(3)19/h5-7,13,20H,8H2,1-4H3/t13-/m0/s1. The molecule has 0 radical (unpaired) electrons. The summed E-state index contributed by atoms with van der Waals surface area (Å²) in [5, 5.41) is 10.1. The molecule has 7 heteroatoms. The van der Waals surface area contributed by atoms with Crippen LogP contribution in [0.5, 0.6) is 11.5 Å². The van der Waals surface area contributed by atoms with Gasteiger partial charge in [-0.2, -0.15) is 0 Å². The van der Waals surface area contributed by atoms with Gasteiger partial charge in [0.15, 0.2) is 11.5 Å². The van der Waals surface area contributed by atoms with Crippen LogP contribution < -0.4 is 9.47 Å². The molecule has 0 saturated carbocycles. The molecule has 0 saturated heterocycles. The number of esters is 2. The van der Waals surface area contributed by atoms with E-state index in [4.69, 9.17) is 9.47 Å². The third-order valence-electron chi connectivity index (χ3n) is 2.84. The molecule has 0 aliphatic heterocycles. The van der Waals surface area contributed by atoms with Gasteiger partial charge >= 0.3 is 11.9 Å². The lowest BCUT2D eigenvalue weighted by molar-refractivity contribution is -0.134. The molecule has 1 amide bonds. The molecule has 7 nitrogen and oxygen atoms in total. The van der Waals surface area contributed by atoms with E-state index in [-0.39, 0.29) is 24.0 Å². The van der Waals surface area contributed by atoms with Gasteiger partial charge < -0.3 is 19.5 Å². The summed E-state index contributed by atoms with van der Waals surface area (Å²) < 4.78 is 9.92. The molecule has 1 aromatic carbocycles. The van der Waals surface area contributed by atoms with Crippen LogP contribution in [-0.2, 0) is 14.4 Å². The first kappa shape index (κ1) is 17.6. The number of hydrogen-bond acceptors (Lipinski definition) is 6. The van der Waals surface area contributed by atoms with Crippen molar-refractivity contribution in [3.8, 4) is 11.5 Å². The zero-order chi connectivity index (χ0) is 16.9. The quantitative estimate of drug-likeness (QED) is 0.645. The lowest BCUT2D eigenvalue weighted by Gasteiger charge is -2.20. The molecule has 0 spiro atoms. The first-order chi connectivity index (χ1) is 10.2. The van der Waals surface area contributed by atoms with Crippen LogP contribution in [0.15, 0.2) is 18.2 Å². The Morgan fingerprint density at radius 1 is 1.09 bits per heavy atom. The fourth-order valence-electron chi connectivity index (χ4n) is 1.70. The first-order valence-electron chi connectivity index (χ1n) is 6.61. The minimum Gasteiger partial charge on any atom is -0.423 e. The highest BCUT2D eigenvalue weighted by atomic mass is 16.6. The summed E-state index contributed by atoms with van der Waals surface area (Å²) in [6.07, 6.45) is -0.963. The zero-order valence-electron chi connectivity index (χ0n) is 13.0. The van der Waals surface area contributed by atoms with Gasteiger partial charge in [0.1, 0.15) is 0 Å². The number of carbonyl (C=O) groups is 3. The van der Waals surface area contributed by atoms with Crippen LogP contribution in [0.3, 0.4) is 0 Å². The Hall–Kier alpha value is -2.41. The normalized spacial score (nSPS) is 11.5. The highest BCUT2D eigenvalue weighted by molar-refractivity contribution is 5.74. The van der Waals surface area contributed by atoms with Crippen LogP contribution in [0.2, 0.25) is 0 Å². The number of likely N-dealkylation sites (N-methyl/N-ethyl adjacent to an activating group) is 1. The van der Waals surface area contributed by atoms with E-state index < -0.39 is 18.0 Å². The van der Waals surface area contributed by atoms with Crippen molar-refractivity contribution < 1.29 is 29.0 Å². The second kappa shape index (κ2) is 7.56. The van der Waals surface area contributed by atoms with E-state index in [1.54, 1.807) is 7.05 Å². The molecule has 0 unspecified atom stereocenters. The molecule has 1 N–H and O–H groups in total. The number of aliphatic hydroxyl groups excluding tert-OH is 1. The van der Waals surface area contributed by atoms with Crippen molar-refractivity contribution in [3.63, 3.8) is 0 Å². The number of aliphatic hydroxyl groups is 1. The van der Waals surface area contributed by atoms with Crippen molar-refractivity contribution in [2.75, 3.05) is 13.6 Å². The summed E-state index contributed by atoms with van der Waals surface area (Å²) >= 11 is 0. The maximum Gasteiger partial charge on any atom is 0.308 e. The lowest BCUT2D eigenvalue weighted by atomic mass is 10.1. The van der Waals surface area contributed by atoms with E-state index in [9.17, 15) is 19.5 Å². The minimum atomic E-state index is -0.963. The number of benzene rings is 1. The molecule has 22 heavy (non-hydrogen) atoms. The summed E-state index contributed by atoms with van der Waals surface area (Å²) in [7, 11) is 1.56. The maximum atomic E-state index is 11.2. The van der Waals surface area contributed by atoms with Gasteiger partial charge in [-0.1, -0.05) is 6.07 Å². The number of ether oxygens (including phenoxy) is 2. The van der Waals surface area contributed by atoms with E-state index in [2.05, 4.69) is 0 Å². The molecular weight excluding hydrogens is 290 g/mol. The molecule has 120 valence electrons. The van der Waals surface area contributed by atoms with Crippen molar-refractivity contribution in [2.45, 2.75) is 26.9 Å². The van der Waals surface area contributed by atoms with Crippen molar-refractivity contribution in [3.05, 3.63) is 23.8 Å². The Kier molecular flexibility index (Phi) is 6.06. The molecule has 1 rings (SSSR count).